The maximum Gasteiger partial charge on any atom is 0.0159 e. The van der Waals surface area contributed by atoms with E-state index in [2.05, 4.69) is 25.7 Å². The summed E-state index contributed by atoms with van der Waals surface area (Å²) in [6, 6.07) is 0. The Hall–Kier alpha value is -0.300. The zero-order chi connectivity index (χ0) is 10.1. The molecular weight excluding hydrogens is 158 g/mol. The fraction of sp³-hybridized carbons (Fsp3) is 0.833. The van der Waals surface area contributed by atoms with Crippen LogP contribution < -0.4 is 5.32 Å². The molecule has 0 aromatic heterocycles. The molecule has 0 amide bonds. The largest absolute Gasteiger partial charge is 0.316 e. The first kappa shape index (κ1) is 12.7. The lowest BCUT2D eigenvalue weighted by molar-refractivity contribution is 0.487. The third-order valence-electron chi connectivity index (χ3n) is 2.36. The van der Waals surface area contributed by atoms with E-state index in [0.29, 0.717) is 0 Å². The van der Waals surface area contributed by atoms with Gasteiger partial charge < -0.3 is 5.32 Å². The van der Waals surface area contributed by atoms with Crippen LogP contribution in [0.15, 0.2) is 12.2 Å². The van der Waals surface area contributed by atoms with Crippen molar-refractivity contribution in [3.63, 3.8) is 0 Å². The molecule has 1 nitrogen and oxygen atoms in total. The van der Waals surface area contributed by atoms with E-state index in [1.165, 1.54) is 37.7 Å². The molecule has 0 saturated heterocycles. The maximum atomic E-state index is 4.05. The van der Waals surface area contributed by atoms with Crippen LogP contribution in [0.4, 0.5) is 0 Å². The highest BCUT2D eigenvalue weighted by molar-refractivity contribution is 4.97. The number of hydrogen-bond donors (Lipinski definition) is 1. The van der Waals surface area contributed by atoms with Gasteiger partial charge in [0.2, 0.25) is 0 Å². The summed E-state index contributed by atoms with van der Waals surface area (Å²) >= 11 is 0. The second-order valence-electron chi connectivity index (χ2n) is 4.09. The van der Waals surface area contributed by atoms with E-state index in [1.807, 2.05) is 7.05 Å². The number of nitrogens with one attached hydrogen (secondary N) is 1. The summed E-state index contributed by atoms with van der Waals surface area (Å²) in [6.45, 7) is 9.60. The van der Waals surface area contributed by atoms with Crippen LogP contribution in [0.5, 0.6) is 0 Å². The van der Waals surface area contributed by atoms with Gasteiger partial charge in [0.1, 0.15) is 0 Å². The lowest BCUT2D eigenvalue weighted by Gasteiger charge is -2.12. The van der Waals surface area contributed by atoms with Crippen molar-refractivity contribution in [2.45, 2.75) is 46.0 Å². The average molecular weight is 183 g/mol. The van der Waals surface area contributed by atoms with Crippen LogP contribution in [0.3, 0.4) is 0 Å². The predicted molar refractivity (Wildman–Crippen MR) is 61.0 cm³/mol. The minimum Gasteiger partial charge on any atom is -0.316 e. The monoisotopic (exact) mass is 183 g/mol. The van der Waals surface area contributed by atoms with Crippen molar-refractivity contribution in [2.75, 3.05) is 13.6 Å². The van der Waals surface area contributed by atoms with Crippen LogP contribution >= 0.6 is 0 Å². The molecule has 0 aliphatic rings. The number of hydrogen-bond acceptors (Lipinski definition) is 1. The van der Waals surface area contributed by atoms with Crippen molar-refractivity contribution in [1.29, 1.82) is 0 Å². The maximum absolute atomic E-state index is 4.05. The number of rotatable bonds is 8. The van der Waals surface area contributed by atoms with Crippen molar-refractivity contribution in [3.05, 3.63) is 12.2 Å². The molecule has 0 aromatic carbocycles. The topological polar surface area (TPSA) is 12.0 Å². The molecule has 1 atom stereocenters. The van der Waals surface area contributed by atoms with Gasteiger partial charge in [0.25, 0.3) is 0 Å². The van der Waals surface area contributed by atoms with Gasteiger partial charge in [-0.25, -0.2) is 0 Å². The molecule has 0 bridgehead atoms. The Balaban J connectivity index is 3.38. The smallest absolute Gasteiger partial charge is 0.0159 e. The molecular formula is C12H25N. The molecule has 13 heavy (non-hydrogen) atoms. The normalized spacial score (nSPS) is 12.8. The minimum absolute atomic E-state index is 0.812. The van der Waals surface area contributed by atoms with Gasteiger partial charge in [-0.05, 0) is 19.4 Å². The zero-order valence-electron chi connectivity index (χ0n) is 9.53. The van der Waals surface area contributed by atoms with E-state index >= 15 is 0 Å². The molecule has 0 spiro atoms. The van der Waals surface area contributed by atoms with Gasteiger partial charge in [-0.2, -0.15) is 0 Å². The summed E-state index contributed by atoms with van der Waals surface area (Å²) in [4.78, 5) is 0. The highest BCUT2D eigenvalue weighted by Crippen LogP contribution is 2.16. The van der Waals surface area contributed by atoms with Crippen molar-refractivity contribution in [3.8, 4) is 0 Å². The van der Waals surface area contributed by atoms with Crippen molar-refractivity contribution in [2.24, 2.45) is 5.92 Å². The lowest BCUT2D eigenvalue weighted by atomic mass is 9.96. The van der Waals surface area contributed by atoms with E-state index < -0.39 is 0 Å². The summed E-state index contributed by atoms with van der Waals surface area (Å²) in [5.74, 6) is 0.812. The molecule has 0 aliphatic carbocycles. The Morgan fingerprint density at radius 1 is 1.38 bits per heavy atom. The van der Waals surface area contributed by atoms with Crippen LogP contribution in [0.2, 0.25) is 0 Å². The lowest BCUT2D eigenvalue weighted by Crippen LogP contribution is -2.11. The van der Waals surface area contributed by atoms with Crippen LogP contribution in [-0.4, -0.2) is 13.6 Å². The zero-order valence-corrected chi connectivity index (χ0v) is 9.53. The van der Waals surface area contributed by atoms with Crippen LogP contribution in [-0.2, 0) is 0 Å². The third-order valence-corrected chi connectivity index (χ3v) is 2.36. The summed E-state index contributed by atoms with van der Waals surface area (Å²) < 4.78 is 0. The average Bonchev–Trinajstić information content (AvgIpc) is 2.05. The second kappa shape index (κ2) is 8.31. The van der Waals surface area contributed by atoms with Gasteiger partial charge in [-0.15, -0.1) is 0 Å². The standard InChI is InChI=1S/C12H25N/c1-5-6-7-8-11(2)9-12(3)10-13-4/h11,13H,3,5-10H2,1-2,4H3. The van der Waals surface area contributed by atoms with Crippen molar-refractivity contribution in [1.82, 2.24) is 5.32 Å². The van der Waals surface area contributed by atoms with Gasteiger partial charge in [0.15, 0.2) is 0 Å². The summed E-state index contributed by atoms with van der Waals surface area (Å²) in [5.41, 5.74) is 1.34. The first-order chi connectivity index (χ1) is 6.20. The Bertz CT molecular complexity index is 129. The molecule has 1 N–H and O–H groups in total. The third kappa shape index (κ3) is 8.04. The van der Waals surface area contributed by atoms with E-state index in [9.17, 15) is 0 Å². The Labute approximate surface area is 83.6 Å². The molecule has 0 saturated carbocycles. The summed E-state index contributed by atoms with van der Waals surface area (Å²) in [7, 11) is 1.98. The Kier molecular flexibility index (Phi) is 8.11. The first-order valence-electron chi connectivity index (χ1n) is 5.52. The fourth-order valence-corrected chi connectivity index (χ4v) is 1.66. The van der Waals surface area contributed by atoms with Crippen LogP contribution in [0.1, 0.15) is 46.0 Å². The fourth-order valence-electron chi connectivity index (χ4n) is 1.66. The minimum atomic E-state index is 0.812. The van der Waals surface area contributed by atoms with Crippen LogP contribution in [0.25, 0.3) is 0 Å². The number of likely N-dealkylation sites (N-methyl/N-ethyl adjacent to an activating group) is 1. The van der Waals surface area contributed by atoms with Gasteiger partial charge >= 0.3 is 0 Å². The highest BCUT2D eigenvalue weighted by atomic mass is 14.8. The van der Waals surface area contributed by atoms with Gasteiger partial charge in [0.05, 0.1) is 0 Å². The van der Waals surface area contributed by atoms with Crippen molar-refractivity contribution < 1.29 is 0 Å². The van der Waals surface area contributed by atoms with E-state index in [-0.39, 0.29) is 0 Å². The molecule has 0 aliphatic heterocycles. The molecule has 0 fully saturated rings. The SMILES string of the molecule is C=C(CNC)CC(C)CCCCC. The molecule has 0 rings (SSSR count). The first-order valence-corrected chi connectivity index (χ1v) is 5.52. The van der Waals surface area contributed by atoms with Gasteiger partial charge in [-0.3, -0.25) is 0 Å². The molecule has 1 heteroatoms. The molecule has 0 heterocycles. The van der Waals surface area contributed by atoms with E-state index in [1.54, 1.807) is 0 Å². The molecule has 1 unspecified atom stereocenters. The molecule has 0 aromatic rings. The van der Waals surface area contributed by atoms with Gasteiger partial charge in [-0.1, -0.05) is 51.7 Å². The number of unbranched alkanes of at least 4 members (excludes halogenated alkanes) is 2. The van der Waals surface area contributed by atoms with Gasteiger partial charge in [0, 0.05) is 6.54 Å². The highest BCUT2D eigenvalue weighted by Gasteiger charge is 2.03. The summed E-state index contributed by atoms with van der Waals surface area (Å²) in [5, 5.41) is 3.14. The van der Waals surface area contributed by atoms with Crippen molar-refractivity contribution >= 4 is 0 Å². The second-order valence-corrected chi connectivity index (χ2v) is 4.09. The Morgan fingerprint density at radius 3 is 2.62 bits per heavy atom. The molecule has 78 valence electrons. The van der Waals surface area contributed by atoms with Crippen LogP contribution in [0, 0.1) is 5.92 Å². The molecule has 0 radical (unpaired) electrons. The van der Waals surface area contributed by atoms with E-state index in [4.69, 9.17) is 0 Å². The summed E-state index contributed by atoms with van der Waals surface area (Å²) in [6.07, 6.45) is 6.62. The quantitative estimate of drug-likeness (QED) is 0.449. The Morgan fingerprint density at radius 2 is 2.08 bits per heavy atom. The van der Waals surface area contributed by atoms with E-state index in [0.717, 1.165) is 12.5 Å². The predicted octanol–water partition coefficient (Wildman–Crippen LogP) is 3.37.